The first-order valence-electron chi connectivity index (χ1n) is 12.9. The van der Waals surface area contributed by atoms with Gasteiger partial charge >= 0.3 is 12.1 Å². The Morgan fingerprint density at radius 1 is 1.10 bits per heavy atom. The van der Waals surface area contributed by atoms with Crippen LogP contribution in [0, 0.1) is 10.1 Å². The van der Waals surface area contributed by atoms with Crippen LogP contribution in [-0.4, -0.2) is 48.7 Å². The third-order valence-corrected chi connectivity index (χ3v) is 7.61. The fraction of sp³-hybridized carbons (Fsp3) is 0.233. The van der Waals surface area contributed by atoms with Crippen LogP contribution in [0.3, 0.4) is 0 Å². The Morgan fingerprint density at radius 3 is 2.39 bits per heavy atom. The number of nitrogens with zero attached hydrogens (tertiary/aromatic N) is 2. The number of hydrogen-bond acceptors (Lipinski definition) is 7. The molecule has 0 saturated carbocycles. The van der Waals surface area contributed by atoms with Gasteiger partial charge in [-0.25, -0.2) is 9.59 Å². The maximum atomic E-state index is 13.4. The van der Waals surface area contributed by atoms with Crippen LogP contribution in [0.25, 0.3) is 11.1 Å². The van der Waals surface area contributed by atoms with Gasteiger partial charge in [0.1, 0.15) is 24.9 Å². The van der Waals surface area contributed by atoms with E-state index in [-0.39, 0.29) is 37.1 Å². The number of amides is 2. The fourth-order valence-electron chi connectivity index (χ4n) is 5.38. The van der Waals surface area contributed by atoms with Gasteiger partial charge < -0.3 is 19.7 Å². The molecule has 41 heavy (non-hydrogen) atoms. The Kier molecular flexibility index (Phi) is 8.16. The van der Waals surface area contributed by atoms with Crippen LogP contribution >= 0.6 is 15.9 Å². The third kappa shape index (κ3) is 5.71. The monoisotopic (exact) mass is 619 g/mol. The van der Waals surface area contributed by atoms with Crippen molar-refractivity contribution < 1.29 is 28.8 Å². The maximum Gasteiger partial charge on any atom is 0.407 e. The van der Waals surface area contributed by atoms with E-state index in [2.05, 4.69) is 27.8 Å². The standard InChI is InChI=1S/C30H26BrN3O7/c1-2-13-40-29(36)25(16-27(35)33-12-11-18-14-19(31)15-26(28(18)33)34(38)39)32-30(37)41-17-24-22-9-5-3-7-20(22)21-8-4-6-10-23(21)24/h2-10,14-15,24-25H,1,11-13,16-17H2,(H,32,37)/t25-/m0/s1. The molecular weight excluding hydrogens is 594 g/mol. The summed E-state index contributed by atoms with van der Waals surface area (Å²) in [6.45, 7) is 3.61. The summed E-state index contributed by atoms with van der Waals surface area (Å²) in [5.74, 6) is -1.62. The molecule has 11 heteroatoms. The minimum atomic E-state index is -1.38. The molecule has 0 saturated heterocycles. The first kappa shape index (κ1) is 28.0. The number of nitro groups is 1. The summed E-state index contributed by atoms with van der Waals surface area (Å²) in [6, 6.07) is 17.4. The second kappa shape index (κ2) is 11.9. The molecule has 1 aliphatic carbocycles. The van der Waals surface area contributed by atoms with Crippen LogP contribution in [0.4, 0.5) is 16.2 Å². The average molecular weight is 620 g/mol. The zero-order chi connectivity index (χ0) is 29.1. The summed E-state index contributed by atoms with van der Waals surface area (Å²) in [4.78, 5) is 51.5. The van der Waals surface area contributed by atoms with E-state index in [0.29, 0.717) is 16.5 Å². The molecule has 3 aromatic carbocycles. The summed E-state index contributed by atoms with van der Waals surface area (Å²) >= 11 is 3.27. The molecule has 2 amide bonds. The van der Waals surface area contributed by atoms with Crippen LogP contribution in [0.1, 0.15) is 29.0 Å². The lowest BCUT2D eigenvalue weighted by Crippen LogP contribution is -2.46. The van der Waals surface area contributed by atoms with Crippen LogP contribution in [-0.2, 0) is 25.5 Å². The van der Waals surface area contributed by atoms with Crippen LogP contribution in [0.2, 0.25) is 0 Å². The van der Waals surface area contributed by atoms with Gasteiger partial charge in [-0.2, -0.15) is 0 Å². The molecule has 0 radical (unpaired) electrons. The van der Waals surface area contributed by atoms with Crippen molar-refractivity contribution in [2.24, 2.45) is 0 Å². The number of esters is 1. The molecule has 0 bridgehead atoms. The predicted octanol–water partition coefficient (Wildman–Crippen LogP) is 5.27. The first-order chi connectivity index (χ1) is 19.8. The number of ether oxygens (including phenoxy) is 2. The van der Waals surface area contributed by atoms with E-state index in [4.69, 9.17) is 9.47 Å². The Morgan fingerprint density at radius 2 is 1.76 bits per heavy atom. The zero-order valence-corrected chi connectivity index (χ0v) is 23.5. The highest BCUT2D eigenvalue weighted by atomic mass is 79.9. The average Bonchev–Trinajstić information content (AvgIpc) is 3.53. The van der Waals surface area contributed by atoms with E-state index in [0.717, 1.165) is 22.3 Å². The topological polar surface area (TPSA) is 128 Å². The summed E-state index contributed by atoms with van der Waals surface area (Å²) in [5, 5.41) is 14.2. The van der Waals surface area contributed by atoms with Crippen molar-refractivity contribution in [1.29, 1.82) is 0 Å². The van der Waals surface area contributed by atoms with Crippen molar-refractivity contribution in [3.8, 4) is 11.1 Å². The number of rotatable bonds is 9. The van der Waals surface area contributed by atoms with Gasteiger partial charge in [0.05, 0.1) is 11.3 Å². The van der Waals surface area contributed by atoms with Gasteiger partial charge in [-0.1, -0.05) is 77.1 Å². The number of carbonyl (C=O) groups excluding carboxylic acids is 3. The number of carbonyl (C=O) groups is 3. The zero-order valence-electron chi connectivity index (χ0n) is 21.9. The summed E-state index contributed by atoms with van der Waals surface area (Å²) in [7, 11) is 0. The van der Waals surface area contributed by atoms with Gasteiger partial charge in [0, 0.05) is 23.0 Å². The number of halogens is 1. The van der Waals surface area contributed by atoms with E-state index < -0.39 is 35.4 Å². The molecule has 2 aliphatic rings. The molecule has 1 N–H and O–H groups in total. The van der Waals surface area contributed by atoms with Crippen LogP contribution < -0.4 is 10.2 Å². The highest BCUT2D eigenvalue weighted by molar-refractivity contribution is 9.10. The molecule has 1 heterocycles. The molecule has 3 aromatic rings. The SMILES string of the molecule is C=CCOC(=O)[C@H](CC(=O)N1CCc2cc(Br)cc([N+](=O)[O-])c21)NC(=O)OCC1c2ccccc2-c2ccccc21. The molecule has 0 aromatic heterocycles. The molecular formula is C30H26BrN3O7. The fourth-order valence-corrected chi connectivity index (χ4v) is 5.87. The molecule has 1 aliphatic heterocycles. The molecule has 0 unspecified atom stereocenters. The molecule has 0 spiro atoms. The van der Waals surface area contributed by atoms with E-state index in [1.54, 1.807) is 6.07 Å². The quantitative estimate of drug-likeness (QED) is 0.149. The van der Waals surface area contributed by atoms with Crippen LogP contribution in [0.5, 0.6) is 0 Å². The summed E-state index contributed by atoms with van der Waals surface area (Å²) < 4.78 is 11.2. The highest BCUT2D eigenvalue weighted by Gasteiger charge is 2.36. The van der Waals surface area contributed by atoms with Gasteiger partial charge in [-0.05, 0) is 40.3 Å². The van der Waals surface area contributed by atoms with Crippen molar-refractivity contribution in [2.75, 3.05) is 24.7 Å². The minimum Gasteiger partial charge on any atom is -0.460 e. The normalized spacial score (nSPS) is 13.9. The lowest BCUT2D eigenvalue weighted by molar-refractivity contribution is -0.384. The number of fused-ring (bicyclic) bond motifs is 4. The number of hydrogen-bond donors (Lipinski definition) is 1. The highest BCUT2D eigenvalue weighted by Crippen LogP contribution is 2.44. The number of nitro benzene ring substituents is 1. The van der Waals surface area contributed by atoms with E-state index in [1.165, 1.54) is 17.0 Å². The first-order valence-corrected chi connectivity index (χ1v) is 13.7. The Labute approximate surface area is 244 Å². The van der Waals surface area contributed by atoms with Crippen molar-refractivity contribution in [3.63, 3.8) is 0 Å². The van der Waals surface area contributed by atoms with Crippen LogP contribution in [0.15, 0.2) is 77.8 Å². The van der Waals surface area contributed by atoms with E-state index in [9.17, 15) is 24.5 Å². The van der Waals surface area contributed by atoms with Gasteiger partial charge in [-0.3, -0.25) is 14.9 Å². The minimum absolute atomic E-state index is 0.0167. The predicted molar refractivity (Wildman–Crippen MR) is 155 cm³/mol. The lowest BCUT2D eigenvalue weighted by Gasteiger charge is -2.22. The van der Waals surface area contributed by atoms with Crippen molar-refractivity contribution in [2.45, 2.75) is 24.8 Å². The van der Waals surface area contributed by atoms with Gasteiger partial charge in [0.25, 0.3) is 5.69 Å². The number of nitrogens with one attached hydrogen (secondary N) is 1. The molecule has 0 fully saturated rings. The van der Waals surface area contributed by atoms with Gasteiger partial charge in [0.2, 0.25) is 5.91 Å². The Hall–Kier alpha value is -4.51. The summed E-state index contributed by atoms with van der Waals surface area (Å²) in [5.41, 5.74) is 4.79. The molecule has 210 valence electrons. The molecule has 10 nitrogen and oxygen atoms in total. The lowest BCUT2D eigenvalue weighted by atomic mass is 9.98. The Balaban J connectivity index is 1.30. The number of alkyl carbamates (subject to hydrolysis) is 1. The van der Waals surface area contributed by atoms with Crippen molar-refractivity contribution >= 4 is 45.3 Å². The molecule has 5 rings (SSSR count). The van der Waals surface area contributed by atoms with Gasteiger partial charge in [0.15, 0.2) is 0 Å². The summed E-state index contributed by atoms with van der Waals surface area (Å²) in [6.07, 6.45) is 0.402. The van der Waals surface area contributed by atoms with Gasteiger partial charge in [-0.15, -0.1) is 0 Å². The largest absolute Gasteiger partial charge is 0.460 e. The number of benzene rings is 3. The third-order valence-electron chi connectivity index (χ3n) is 7.15. The Bertz CT molecular complexity index is 1510. The van der Waals surface area contributed by atoms with E-state index in [1.807, 2.05) is 48.5 Å². The number of anilines is 1. The van der Waals surface area contributed by atoms with E-state index >= 15 is 0 Å². The molecule has 1 atom stereocenters. The van der Waals surface area contributed by atoms with Crippen molar-refractivity contribution in [1.82, 2.24) is 5.32 Å². The van der Waals surface area contributed by atoms with Crippen molar-refractivity contribution in [3.05, 3.63) is 105 Å². The maximum absolute atomic E-state index is 13.4. The second-order valence-electron chi connectivity index (χ2n) is 9.63. The smallest absolute Gasteiger partial charge is 0.407 e. The second-order valence-corrected chi connectivity index (χ2v) is 10.5.